The number of carbonyl (C=O) groups excluding carboxylic acids is 2. The van der Waals surface area contributed by atoms with Crippen LogP contribution in [0.4, 0.5) is 4.39 Å². The van der Waals surface area contributed by atoms with Gasteiger partial charge in [0.15, 0.2) is 0 Å². The van der Waals surface area contributed by atoms with Crippen LogP contribution in [-0.4, -0.2) is 63.8 Å². The van der Waals surface area contributed by atoms with Crippen molar-refractivity contribution >= 4 is 11.8 Å². The molecule has 6 rings (SSSR count). The van der Waals surface area contributed by atoms with Crippen LogP contribution in [0.2, 0.25) is 0 Å². The second kappa shape index (κ2) is 8.34. The summed E-state index contributed by atoms with van der Waals surface area (Å²) in [7, 11) is 0. The van der Waals surface area contributed by atoms with Crippen LogP contribution in [0.1, 0.15) is 63.5 Å². The molecule has 2 saturated carbocycles. The maximum atomic E-state index is 13.7. The summed E-state index contributed by atoms with van der Waals surface area (Å²) in [6, 6.07) is 8.98. The maximum Gasteiger partial charge on any atom is 0.240 e. The second-order valence-corrected chi connectivity index (χ2v) is 11.2. The summed E-state index contributed by atoms with van der Waals surface area (Å²) in [5.41, 5.74) is 1.04. The molecule has 1 aromatic carbocycles. The van der Waals surface area contributed by atoms with E-state index in [1.165, 1.54) is 25.0 Å². The molecule has 2 aliphatic carbocycles. The molecule has 0 spiro atoms. The van der Waals surface area contributed by atoms with Gasteiger partial charge in [-0.15, -0.1) is 0 Å². The van der Waals surface area contributed by atoms with Crippen LogP contribution >= 0.6 is 0 Å². The Morgan fingerprint density at radius 2 is 1.91 bits per heavy atom. The zero-order valence-electron chi connectivity index (χ0n) is 19.8. The number of piperidine rings is 1. The minimum absolute atomic E-state index is 0.0135. The van der Waals surface area contributed by atoms with Crippen LogP contribution in [0.15, 0.2) is 24.3 Å². The van der Waals surface area contributed by atoms with Crippen LogP contribution in [-0.2, 0) is 9.59 Å². The van der Waals surface area contributed by atoms with Gasteiger partial charge in [-0.25, -0.2) is 4.39 Å². The lowest BCUT2D eigenvalue weighted by Crippen LogP contribution is -2.54. The zero-order valence-corrected chi connectivity index (χ0v) is 19.8. The molecule has 3 aliphatic heterocycles. The van der Waals surface area contributed by atoms with Gasteiger partial charge in [0.2, 0.25) is 11.8 Å². The fraction of sp³-hybridized carbons (Fsp3) is 0.667. The van der Waals surface area contributed by atoms with Crippen molar-refractivity contribution in [3.05, 3.63) is 35.6 Å². The van der Waals surface area contributed by atoms with E-state index in [-0.39, 0.29) is 53.8 Å². The minimum atomic E-state index is -0.284. The minimum Gasteiger partial charge on any atom is -0.330 e. The van der Waals surface area contributed by atoms with E-state index >= 15 is 0 Å². The third-order valence-electron chi connectivity index (χ3n) is 9.11. The van der Waals surface area contributed by atoms with Crippen molar-refractivity contribution in [3.8, 4) is 6.07 Å². The third-order valence-corrected chi connectivity index (χ3v) is 9.11. The number of carbonyl (C=O) groups is 2. The average Bonchev–Trinajstić information content (AvgIpc) is 3.25. The summed E-state index contributed by atoms with van der Waals surface area (Å²) in [5, 5.41) is 9.47. The van der Waals surface area contributed by atoms with Crippen molar-refractivity contribution in [3.63, 3.8) is 0 Å². The number of halogens is 1. The van der Waals surface area contributed by atoms with Crippen molar-refractivity contribution in [2.75, 3.05) is 13.1 Å². The van der Waals surface area contributed by atoms with Gasteiger partial charge in [-0.2, -0.15) is 5.26 Å². The van der Waals surface area contributed by atoms with E-state index in [1.807, 2.05) is 24.0 Å². The van der Waals surface area contributed by atoms with Gasteiger partial charge in [-0.1, -0.05) is 31.9 Å². The van der Waals surface area contributed by atoms with Gasteiger partial charge in [-0.3, -0.25) is 14.5 Å². The molecule has 2 bridgehead atoms. The molecule has 2 amide bonds. The molecule has 5 fully saturated rings. The number of benzene rings is 1. The molecule has 3 saturated heterocycles. The normalized spacial score (nSPS) is 34.4. The number of hydrogen-bond donors (Lipinski definition) is 0. The van der Waals surface area contributed by atoms with Gasteiger partial charge < -0.3 is 9.80 Å². The van der Waals surface area contributed by atoms with Gasteiger partial charge in [-0.05, 0) is 61.6 Å². The van der Waals surface area contributed by atoms with E-state index in [0.29, 0.717) is 18.4 Å². The summed E-state index contributed by atoms with van der Waals surface area (Å²) in [5.74, 6) is 0.694. The number of piperazine rings is 1. The highest BCUT2D eigenvalue weighted by Gasteiger charge is 2.56. The van der Waals surface area contributed by atoms with Crippen LogP contribution in [0.25, 0.3) is 0 Å². The molecular formula is C27H33FN4O2. The van der Waals surface area contributed by atoms with Crippen molar-refractivity contribution in [1.29, 1.82) is 5.26 Å². The lowest BCUT2D eigenvalue weighted by Gasteiger charge is -2.42. The summed E-state index contributed by atoms with van der Waals surface area (Å²) < 4.78 is 13.6. The van der Waals surface area contributed by atoms with Crippen molar-refractivity contribution < 1.29 is 14.0 Å². The molecule has 0 aromatic heterocycles. The Hall–Kier alpha value is -2.46. The summed E-state index contributed by atoms with van der Waals surface area (Å²) in [6.45, 7) is 3.29. The van der Waals surface area contributed by atoms with E-state index in [1.54, 1.807) is 0 Å². The fourth-order valence-electron chi connectivity index (χ4n) is 7.42. The van der Waals surface area contributed by atoms with Crippen molar-refractivity contribution in [2.24, 2.45) is 17.8 Å². The number of fused-ring (bicyclic) bond motifs is 3. The van der Waals surface area contributed by atoms with Gasteiger partial charge in [0, 0.05) is 31.1 Å². The number of nitrogens with zero attached hydrogens (tertiary/aromatic N) is 4. The average molecular weight is 465 g/mol. The number of hydrogen-bond acceptors (Lipinski definition) is 4. The first-order valence-electron chi connectivity index (χ1n) is 13.0. The highest BCUT2D eigenvalue weighted by atomic mass is 19.1. The highest BCUT2D eigenvalue weighted by Crippen LogP contribution is 2.49. The standard InChI is InChI=1S/C27H33FN4O2/c1-16(26(33)31-21(13-29)10-19-11-23(19)31)14-30-15-22-12-24(30)27(34)32(22)25(17-4-2-3-5-17)18-6-8-20(28)9-7-18/h6-9,16-17,19,21-25H,2-5,10-12,14-15H2,1H3/t16-,19+,21-,22+,23?,24+,25-/m0/s1. The van der Waals surface area contributed by atoms with Gasteiger partial charge >= 0.3 is 0 Å². The van der Waals surface area contributed by atoms with Crippen LogP contribution in [0, 0.1) is 34.9 Å². The molecule has 7 heteroatoms. The van der Waals surface area contributed by atoms with E-state index in [9.17, 15) is 19.2 Å². The van der Waals surface area contributed by atoms with E-state index in [0.717, 1.165) is 44.2 Å². The number of amides is 2. The Morgan fingerprint density at radius 1 is 1.18 bits per heavy atom. The van der Waals surface area contributed by atoms with Crippen LogP contribution < -0.4 is 0 Å². The first kappa shape index (κ1) is 22.0. The Kier molecular flexibility index (Phi) is 5.40. The van der Waals surface area contributed by atoms with E-state index in [2.05, 4.69) is 15.9 Å². The third kappa shape index (κ3) is 3.53. The van der Waals surface area contributed by atoms with Crippen LogP contribution in [0.3, 0.4) is 0 Å². The SMILES string of the molecule is C[C@@H](CN1C[C@H]2C[C@@H]1C(=O)N2[C@H](c1ccc(F)cc1)C1CCCC1)C(=O)N1C2C[C@H]2C[C@H]1C#N. The molecule has 6 nitrogen and oxygen atoms in total. The molecule has 34 heavy (non-hydrogen) atoms. The Balaban J connectivity index is 1.16. The Morgan fingerprint density at radius 3 is 2.59 bits per heavy atom. The van der Waals surface area contributed by atoms with E-state index < -0.39 is 0 Å². The molecule has 1 unspecified atom stereocenters. The molecule has 7 atom stereocenters. The maximum absolute atomic E-state index is 13.7. The zero-order chi connectivity index (χ0) is 23.6. The molecule has 180 valence electrons. The first-order valence-corrected chi connectivity index (χ1v) is 13.0. The fourth-order valence-corrected chi connectivity index (χ4v) is 7.42. The second-order valence-electron chi connectivity index (χ2n) is 11.2. The predicted molar refractivity (Wildman–Crippen MR) is 124 cm³/mol. The summed E-state index contributed by atoms with van der Waals surface area (Å²) in [4.78, 5) is 33.0. The molecule has 1 aromatic rings. The largest absolute Gasteiger partial charge is 0.330 e. The smallest absolute Gasteiger partial charge is 0.240 e. The molecule has 0 radical (unpaired) electrons. The Labute approximate surface area is 200 Å². The first-order chi connectivity index (χ1) is 16.5. The van der Waals surface area contributed by atoms with Crippen LogP contribution in [0.5, 0.6) is 0 Å². The van der Waals surface area contributed by atoms with Crippen molar-refractivity contribution in [2.45, 2.75) is 82.1 Å². The lowest BCUT2D eigenvalue weighted by molar-refractivity contribution is -0.143. The van der Waals surface area contributed by atoms with Crippen molar-refractivity contribution in [1.82, 2.24) is 14.7 Å². The monoisotopic (exact) mass is 464 g/mol. The van der Waals surface area contributed by atoms with Gasteiger partial charge in [0.25, 0.3) is 0 Å². The summed E-state index contributed by atoms with van der Waals surface area (Å²) >= 11 is 0. The lowest BCUT2D eigenvalue weighted by atomic mass is 9.89. The topological polar surface area (TPSA) is 67.7 Å². The molecule has 0 N–H and O–H groups in total. The molecular weight excluding hydrogens is 431 g/mol. The predicted octanol–water partition coefficient (Wildman–Crippen LogP) is 3.49. The quantitative estimate of drug-likeness (QED) is 0.646. The highest BCUT2D eigenvalue weighted by molar-refractivity contribution is 5.86. The Bertz CT molecular complexity index is 1020. The summed E-state index contributed by atoms with van der Waals surface area (Å²) in [6.07, 6.45) is 7.24. The number of nitriles is 1. The van der Waals surface area contributed by atoms with E-state index in [4.69, 9.17) is 0 Å². The number of likely N-dealkylation sites (tertiary alicyclic amines) is 3. The number of rotatable bonds is 6. The molecule has 3 heterocycles. The van der Waals surface area contributed by atoms with Gasteiger partial charge in [0.1, 0.15) is 11.9 Å². The van der Waals surface area contributed by atoms with Gasteiger partial charge in [0.05, 0.1) is 18.2 Å². The molecule has 5 aliphatic rings.